The highest BCUT2D eigenvalue weighted by Gasteiger charge is 2.30. The molecule has 0 aliphatic heterocycles. The summed E-state index contributed by atoms with van der Waals surface area (Å²) in [5.41, 5.74) is 1.18. The second kappa shape index (κ2) is 6.41. The Morgan fingerprint density at radius 2 is 1.85 bits per heavy atom. The second-order valence-corrected chi connectivity index (χ2v) is 5.20. The molecule has 0 spiro atoms. The lowest BCUT2D eigenvalue weighted by Crippen LogP contribution is -2.51. The molecule has 0 fully saturated rings. The zero-order valence-corrected chi connectivity index (χ0v) is 12.6. The molecule has 0 aliphatic carbocycles. The van der Waals surface area contributed by atoms with Gasteiger partial charge in [-0.3, -0.25) is 4.79 Å². The molecule has 1 amide bonds. The lowest BCUT2D eigenvalue weighted by Gasteiger charge is -2.23. The van der Waals surface area contributed by atoms with Gasteiger partial charge in [0.2, 0.25) is 0 Å². The molecule has 1 aromatic carbocycles. The molecule has 0 heterocycles. The van der Waals surface area contributed by atoms with Crippen LogP contribution in [0.5, 0.6) is 5.75 Å². The third-order valence-electron chi connectivity index (χ3n) is 3.00. The van der Waals surface area contributed by atoms with Crippen LogP contribution in [-0.2, 0) is 14.3 Å². The average molecular weight is 279 g/mol. The molecule has 0 radical (unpaired) electrons. The molecule has 0 bridgehead atoms. The lowest BCUT2D eigenvalue weighted by atomic mass is 10.1. The number of carbonyl (C=O) groups excluding carboxylic acids is 2. The topological polar surface area (TPSA) is 64.6 Å². The molecule has 0 unspecified atom stereocenters. The van der Waals surface area contributed by atoms with Gasteiger partial charge in [-0.1, -0.05) is 6.07 Å². The number of aryl methyl sites for hydroxylation is 2. The monoisotopic (exact) mass is 279 g/mol. The molecule has 1 aromatic rings. The van der Waals surface area contributed by atoms with Crippen LogP contribution in [0.15, 0.2) is 18.2 Å². The fourth-order valence-electron chi connectivity index (χ4n) is 1.64. The third-order valence-corrected chi connectivity index (χ3v) is 3.00. The average Bonchev–Trinajstić information content (AvgIpc) is 2.38. The molecule has 0 saturated carbocycles. The van der Waals surface area contributed by atoms with Gasteiger partial charge in [-0.25, -0.2) is 4.79 Å². The van der Waals surface area contributed by atoms with Gasteiger partial charge in [0.15, 0.2) is 6.61 Å². The summed E-state index contributed by atoms with van der Waals surface area (Å²) in [5, 5.41) is 2.56. The van der Waals surface area contributed by atoms with E-state index in [1.807, 2.05) is 26.0 Å². The van der Waals surface area contributed by atoms with Crippen LogP contribution in [0.3, 0.4) is 0 Å². The van der Waals surface area contributed by atoms with Gasteiger partial charge in [0.25, 0.3) is 5.91 Å². The second-order valence-electron chi connectivity index (χ2n) is 5.20. The van der Waals surface area contributed by atoms with Crippen molar-refractivity contribution in [3.05, 3.63) is 29.3 Å². The normalized spacial score (nSPS) is 10.8. The van der Waals surface area contributed by atoms with E-state index in [0.29, 0.717) is 5.75 Å². The van der Waals surface area contributed by atoms with E-state index in [1.54, 1.807) is 19.9 Å². The summed E-state index contributed by atoms with van der Waals surface area (Å²) < 4.78 is 10.0. The number of rotatable bonds is 5. The number of amides is 1. The summed E-state index contributed by atoms with van der Waals surface area (Å²) in [6.07, 6.45) is 0. The van der Waals surface area contributed by atoms with Crippen LogP contribution in [0.2, 0.25) is 0 Å². The first-order chi connectivity index (χ1) is 9.26. The van der Waals surface area contributed by atoms with Gasteiger partial charge < -0.3 is 14.8 Å². The summed E-state index contributed by atoms with van der Waals surface area (Å²) >= 11 is 0. The maximum Gasteiger partial charge on any atom is 0.330 e. The molecule has 0 saturated heterocycles. The molecule has 0 aliphatic rings. The Balaban J connectivity index is 2.55. The van der Waals surface area contributed by atoms with E-state index in [2.05, 4.69) is 10.1 Å². The van der Waals surface area contributed by atoms with Crippen molar-refractivity contribution in [1.82, 2.24) is 5.32 Å². The molecule has 0 atom stereocenters. The summed E-state index contributed by atoms with van der Waals surface area (Å²) in [5.74, 6) is -0.255. The first kappa shape index (κ1) is 16.0. The quantitative estimate of drug-likeness (QED) is 0.834. The van der Waals surface area contributed by atoms with Crippen LogP contribution in [0.1, 0.15) is 25.0 Å². The predicted octanol–water partition coefficient (Wildman–Crippen LogP) is 1.75. The van der Waals surface area contributed by atoms with Gasteiger partial charge >= 0.3 is 5.97 Å². The number of nitrogens with one attached hydrogen (secondary N) is 1. The van der Waals surface area contributed by atoms with E-state index in [9.17, 15) is 9.59 Å². The number of carbonyl (C=O) groups is 2. The minimum absolute atomic E-state index is 0.150. The van der Waals surface area contributed by atoms with Crippen LogP contribution in [0.25, 0.3) is 0 Å². The predicted molar refractivity (Wildman–Crippen MR) is 75.6 cm³/mol. The van der Waals surface area contributed by atoms with Crippen molar-refractivity contribution in [2.75, 3.05) is 13.7 Å². The van der Waals surface area contributed by atoms with E-state index in [1.165, 1.54) is 7.11 Å². The Morgan fingerprint density at radius 1 is 1.20 bits per heavy atom. The highest BCUT2D eigenvalue weighted by molar-refractivity contribution is 5.87. The van der Waals surface area contributed by atoms with Crippen molar-refractivity contribution in [3.63, 3.8) is 0 Å². The molecule has 1 rings (SSSR count). The number of benzene rings is 1. The molecular formula is C15H21NO4. The maximum absolute atomic E-state index is 11.8. The van der Waals surface area contributed by atoms with Gasteiger partial charge in [-0.05, 0) is 51.0 Å². The van der Waals surface area contributed by atoms with Gasteiger partial charge in [-0.2, -0.15) is 0 Å². The van der Waals surface area contributed by atoms with Crippen molar-refractivity contribution < 1.29 is 19.1 Å². The standard InChI is InChI=1S/C15H21NO4/c1-10-6-7-12(8-11(10)2)20-9-13(17)16-15(3,4)14(18)19-5/h6-8H,9H2,1-5H3,(H,16,17). The SMILES string of the molecule is COC(=O)C(C)(C)NC(=O)COc1ccc(C)c(C)c1. The number of methoxy groups -OCH3 is 1. The van der Waals surface area contributed by atoms with Gasteiger partial charge in [0, 0.05) is 0 Å². The van der Waals surface area contributed by atoms with Gasteiger partial charge in [-0.15, -0.1) is 0 Å². The smallest absolute Gasteiger partial charge is 0.330 e. The van der Waals surface area contributed by atoms with Gasteiger partial charge in [0.1, 0.15) is 11.3 Å². The Kier molecular flexibility index (Phi) is 5.13. The summed E-state index contributed by atoms with van der Waals surface area (Å²) in [6, 6.07) is 5.61. The zero-order valence-electron chi connectivity index (χ0n) is 12.6. The molecule has 110 valence electrons. The first-order valence-corrected chi connectivity index (χ1v) is 6.36. The summed E-state index contributed by atoms with van der Waals surface area (Å²) in [6.45, 7) is 6.98. The Labute approximate surface area is 119 Å². The number of hydrogen-bond donors (Lipinski definition) is 1. The number of esters is 1. The van der Waals surface area contributed by atoms with E-state index in [4.69, 9.17) is 4.74 Å². The van der Waals surface area contributed by atoms with Crippen molar-refractivity contribution in [1.29, 1.82) is 0 Å². The van der Waals surface area contributed by atoms with E-state index < -0.39 is 11.5 Å². The Morgan fingerprint density at radius 3 is 2.40 bits per heavy atom. The minimum Gasteiger partial charge on any atom is -0.484 e. The minimum atomic E-state index is -1.07. The van der Waals surface area contributed by atoms with E-state index >= 15 is 0 Å². The lowest BCUT2D eigenvalue weighted by molar-refractivity contribution is -0.149. The zero-order chi connectivity index (χ0) is 15.3. The fraction of sp³-hybridized carbons (Fsp3) is 0.467. The van der Waals surface area contributed by atoms with Crippen molar-refractivity contribution in [2.24, 2.45) is 0 Å². The van der Waals surface area contributed by atoms with Gasteiger partial charge in [0.05, 0.1) is 7.11 Å². The Bertz CT molecular complexity index is 509. The van der Waals surface area contributed by atoms with E-state index in [-0.39, 0.29) is 12.5 Å². The van der Waals surface area contributed by atoms with E-state index in [0.717, 1.165) is 11.1 Å². The molecule has 5 heteroatoms. The van der Waals surface area contributed by atoms with Crippen LogP contribution >= 0.6 is 0 Å². The Hall–Kier alpha value is -2.04. The molecule has 20 heavy (non-hydrogen) atoms. The summed E-state index contributed by atoms with van der Waals surface area (Å²) in [7, 11) is 1.28. The van der Waals surface area contributed by atoms with Crippen LogP contribution in [0.4, 0.5) is 0 Å². The molecule has 1 N–H and O–H groups in total. The highest BCUT2D eigenvalue weighted by atomic mass is 16.5. The van der Waals surface area contributed by atoms with Crippen molar-refractivity contribution >= 4 is 11.9 Å². The summed E-state index contributed by atoms with van der Waals surface area (Å²) in [4.78, 5) is 23.2. The molecule has 0 aromatic heterocycles. The van der Waals surface area contributed by atoms with Crippen molar-refractivity contribution in [3.8, 4) is 5.75 Å². The van der Waals surface area contributed by atoms with Crippen molar-refractivity contribution in [2.45, 2.75) is 33.2 Å². The highest BCUT2D eigenvalue weighted by Crippen LogP contribution is 2.16. The van der Waals surface area contributed by atoms with Crippen LogP contribution < -0.4 is 10.1 Å². The first-order valence-electron chi connectivity index (χ1n) is 6.36. The number of hydrogen-bond acceptors (Lipinski definition) is 4. The molecular weight excluding hydrogens is 258 g/mol. The maximum atomic E-state index is 11.8. The van der Waals surface area contributed by atoms with Crippen LogP contribution in [0, 0.1) is 13.8 Å². The molecule has 5 nitrogen and oxygen atoms in total. The fourth-order valence-corrected chi connectivity index (χ4v) is 1.64. The third kappa shape index (κ3) is 4.26. The number of ether oxygens (including phenoxy) is 2. The van der Waals surface area contributed by atoms with Crippen LogP contribution in [-0.4, -0.2) is 31.1 Å². The largest absolute Gasteiger partial charge is 0.484 e.